The van der Waals surface area contributed by atoms with Gasteiger partial charge in [0.2, 0.25) is 0 Å². The van der Waals surface area contributed by atoms with Gasteiger partial charge in [0.1, 0.15) is 0 Å². The van der Waals surface area contributed by atoms with Crippen molar-refractivity contribution >= 4 is 43.9 Å². The number of unbranched alkanes of at least 4 members (excludes halogenated alkanes) is 6. The van der Waals surface area contributed by atoms with E-state index in [4.69, 9.17) is 24.9 Å². The van der Waals surface area contributed by atoms with E-state index < -0.39 is 8.80 Å². The molecule has 0 atom stereocenters. The molecule has 0 spiro atoms. The fraction of sp³-hybridized carbons (Fsp3) is 1.00. The molecule has 0 fully saturated rings. The highest BCUT2D eigenvalue weighted by Crippen LogP contribution is 2.20. The molecule has 3 nitrogen and oxygen atoms in total. The van der Waals surface area contributed by atoms with Gasteiger partial charge in [-0.05, 0) is 75.9 Å². The van der Waals surface area contributed by atoms with Crippen LogP contribution in [0.15, 0.2) is 0 Å². The molecule has 0 aliphatic rings. The predicted octanol–water partition coefficient (Wildman–Crippen LogP) is 7.25. The minimum atomic E-state index is -2.42. The molecule has 0 aromatic rings. The van der Waals surface area contributed by atoms with Crippen molar-refractivity contribution in [3.05, 3.63) is 0 Å². The molecule has 0 heterocycles. The first-order valence-corrected chi connectivity index (χ1v) is 16.2. The zero-order valence-corrected chi connectivity index (χ0v) is 22.0. The zero-order chi connectivity index (χ0) is 20.8. The van der Waals surface area contributed by atoms with E-state index in [1.165, 1.54) is 74.4 Å². The Kier molecular flexibility index (Phi) is 23.6. The van der Waals surface area contributed by atoms with Crippen LogP contribution in [0.3, 0.4) is 0 Å². The quantitative estimate of drug-likeness (QED) is 0.0886. The largest absolute Gasteiger partial charge is 0.500 e. The van der Waals surface area contributed by atoms with Gasteiger partial charge in [-0.2, -0.15) is 23.5 Å². The fourth-order valence-electron chi connectivity index (χ4n) is 3.01. The number of halogens is 1. The molecule has 28 heavy (non-hydrogen) atoms. The maximum Gasteiger partial charge on any atom is 0.500 e. The molecule has 0 amide bonds. The summed E-state index contributed by atoms with van der Waals surface area (Å²) >= 11 is 9.89. The van der Waals surface area contributed by atoms with Gasteiger partial charge in [-0.25, -0.2) is 0 Å². The summed E-state index contributed by atoms with van der Waals surface area (Å²) in [6.07, 6.45) is 11.8. The number of hydrogen-bond acceptors (Lipinski definition) is 5. The van der Waals surface area contributed by atoms with Crippen molar-refractivity contribution < 1.29 is 13.3 Å². The van der Waals surface area contributed by atoms with Gasteiger partial charge in [0.15, 0.2) is 0 Å². The van der Waals surface area contributed by atoms with Crippen molar-refractivity contribution in [3.63, 3.8) is 0 Å². The third-order valence-electron chi connectivity index (χ3n) is 4.36. The molecule has 0 saturated heterocycles. The molecule has 0 N–H and O–H groups in total. The topological polar surface area (TPSA) is 27.7 Å². The lowest BCUT2D eigenvalue weighted by atomic mass is 10.2. The molecule has 0 unspecified atom stereocenters. The van der Waals surface area contributed by atoms with Crippen molar-refractivity contribution in [1.29, 1.82) is 0 Å². The normalized spacial score (nSPS) is 12.0. The van der Waals surface area contributed by atoms with Gasteiger partial charge in [-0.3, -0.25) is 0 Å². The van der Waals surface area contributed by atoms with E-state index >= 15 is 0 Å². The number of hydrogen-bond donors (Lipinski definition) is 0. The molecule has 0 rings (SSSR count). The van der Waals surface area contributed by atoms with E-state index in [9.17, 15) is 0 Å². The minimum Gasteiger partial charge on any atom is -0.374 e. The lowest BCUT2D eigenvalue weighted by Crippen LogP contribution is -2.46. The Morgan fingerprint density at radius 1 is 0.571 bits per heavy atom. The van der Waals surface area contributed by atoms with Crippen LogP contribution in [0.4, 0.5) is 0 Å². The summed E-state index contributed by atoms with van der Waals surface area (Å²) in [5.41, 5.74) is 0. The molecule has 0 bridgehead atoms. The van der Waals surface area contributed by atoms with Gasteiger partial charge in [-0.1, -0.05) is 25.7 Å². The maximum absolute atomic E-state index is 5.91. The van der Waals surface area contributed by atoms with Crippen LogP contribution in [0.25, 0.3) is 0 Å². The van der Waals surface area contributed by atoms with E-state index in [-0.39, 0.29) is 0 Å². The average molecular weight is 473 g/mol. The summed E-state index contributed by atoms with van der Waals surface area (Å²) in [4.78, 5) is 0. The Labute approximate surface area is 190 Å². The minimum absolute atomic E-state index is 0.672. The molecule has 0 aromatic heterocycles. The van der Waals surface area contributed by atoms with Gasteiger partial charge < -0.3 is 13.3 Å². The van der Waals surface area contributed by atoms with E-state index in [0.29, 0.717) is 19.8 Å². The Hall–Kier alpha value is 1.09. The average Bonchev–Trinajstić information content (AvgIpc) is 2.68. The zero-order valence-electron chi connectivity index (χ0n) is 18.6. The Bertz CT molecular complexity index is 298. The Balaban J connectivity index is 3.46. The number of rotatable bonds is 23. The lowest BCUT2D eigenvalue weighted by molar-refractivity contribution is 0.0712. The van der Waals surface area contributed by atoms with Gasteiger partial charge in [-0.15, -0.1) is 11.6 Å². The first-order valence-electron chi connectivity index (χ1n) is 11.4. The molecule has 0 aliphatic carbocycles. The second-order valence-corrected chi connectivity index (χ2v) is 12.4. The van der Waals surface area contributed by atoms with Crippen molar-refractivity contribution in [3.8, 4) is 0 Å². The highest BCUT2D eigenvalue weighted by Gasteiger charge is 2.39. The lowest BCUT2D eigenvalue weighted by Gasteiger charge is -2.28. The first-order chi connectivity index (χ1) is 13.7. The van der Waals surface area contributed by atoms with Crippen LogP contribution >= 0.6 is 35.1 Å². The number of thioether (sulfide) groups is 2. The van der Waals surface area contributed by atoms with Crippen LogP contribution in [0.2, 0.25) is 6.04 Å². The van der Waals surface area contributed by atoms with E-state index in [0.717, 1.165) is 18.3 Å². The molecule has 7 heteroatoms. The molecule has 0 saturated carbocycles. The van der Waals surface area contributed by atoms with Crippen molar-refractivity contribution in [2.75, 3.05) is 48.7 Å². The van der Waals surface area contributed by atoms with Crippen LogP contribution in [0.1, 0.15) is 78.6 Å². The third kappa shape index (κ3) is 17.9. The summed E-state index contributed by atoms with van der Waals surface area (Å²) < 4.78 is 17.7. The van der Waals surface area contributed by atoms with Gasteiger partial charge in [0.25, 0.3) is 0 Å². The summed E-state index contributed by atoms with van der Waals surface area (Å²) in [6, 6.07) is 0.943. The summed E-state index contributed by atoms with van der Waals surface area (Å²) in [5.74, 6) is 5.94. The number of alkyl halides is 1. The summed E-state index contributed by atoms with van der Waals surface area (Å²) in [7, 11) is -2.42. The highest BCUT2D eigenvalue weighted by molar-refractivity contribution is 7.99. The third-order valence-corrected chi connectivity index (χ3v) is 10.1. The highest BCUT2D eigenvalue weighted by atomic mass is 35.5. The SMILES string of the molecule is CCO[Si](CCCSCCCCCCSCCCCCCCl)(OCC)OCC. The van der Waals surface area contributed by atoms with Crippen LogP contribution in [-0.2, 0) is 13.3 Å². The standard InChI is InChI=1S/C21H45ClO3S2Si/c1-4-23-28(24-5-2,25-6-3)21-15-20-27-19-14-10-9-13-18-26-17-12-8-7-11-16-22/h4-21H2,1-3H3. The second kappa shape index (κ2) is 22.8. The van der Waals surface area contributed by atoms with Crippen molar-refractivity contribution in [2.45, 2.75) is 84.6 Å². The van der Waals surface area contributed by atoms with E-state index in [1.807, 2.05) is 20.8 Å². The van der Waals surface area contributed by atoms with Crippen molar-refractivity contribution in [1.82, 2.24) is 0 Å². The van der Waals surface area contributed by atoms with E-state index in [1.54, 1.807) is 0 Å². The smallest absolute Gasteiger partial charge is 0.374 e. The van der Waals surface area contributed by atoms with E-state index in [2.05, 4.69) is 23.5 Å². The van der Waals surface area contributed by atoms with Gasteiger partial charge in [0, 0.05) is 31.7 Å². The monoisotopic (exact) mass is 472 g/mol. The molecular weight excluding hydrogens is 428 g/mol. The Morgan fingerprint density at radius 3 is 1.36 bits per heavy atom. The van der Waals surface area contributed by atoms with Crippen LogP contribution in [0, 0.1) is 0 Å². The predicted molar refractivity (Wildman–Crippen MR) is 132 cm³/mol. The van der Waals surface area contributed by atoms with Gasteiger partial charge in [0.05, 0.1) is 0 Å². The molecule has 0 aliphatic heterocycles. The fourth-order valence-corrected chi connectivity index (χ4v) is 8.05. The van der Waals surface area contributed by atoms with Crippen LogP contribution < -0.4 is 0 Å². The molecule has 170 valence electrons. The summed E-state index contributed by atoms with van der Waals surface area (Å²) in [6.45, 7) is 8.09. The van der Waals surface area contributed by atoms with Crippen LogP contribution in [0.5, 0.6) is 0 Å². The molecule has 0 radical (unpaired) electrons. The van der Waals surface area contributed by atoms with Crippen molar-refractivity contribution in [2.24, 2.45) is 0 Å². The maximum atomic E-state index is 5.91. The Morgan fingerprint density at radius 2 is 0.964 bits per heavy atom. The van der Waals surface area contributed by atoms with Crippen LogP contribution in [-0.4, -0.2) is 57.5 Å². The molecular formula is C21H45ClO3S2Si. The summed E-state index contributed by atoms with van der Waals surface area (Å²) in [5, 5.41) is 0. The first kappa shape index (κ1) is 29.1. The molecule has 0 aromatic carbocycles. The van der Waals surface area contributed by atoms with Gasteiger partial charge >= 0.3 is 8.80 Å². The second-order valence-electron chi connectivity index (χ2n) is 6.83.